The summed E-state index contributed by atoms with van der Waals surface area (Å²) in [6.07, 6.45) is 1.08. The van der Waals surface area contributed by atoms with Gasteiger partial charge in [0.1, 0.15) is 0 Å². The Morgan fingerprint density at radius 2 is 2.00 bits per heavy atom. The van der Waals surface area contributed by atoms with Crippen LogP contribution >= 0.6 is 11.8 Å². The molecule has 5 nitrogen and oxygen atoms in total. The summed E-state index contributed by atoms with van der Waals surface area (Å²) in [6.45, 7) is 0. The molecular weight excluding hydrogens is 254 g/mol. The van der Waals surface area contributed by atoms with E-state index in [9.17, 15) is 19.8 Å². The fraction of sp³-hybridized carbons (Fsp3) is 0.167. The summed E-state index contributed by atoms with van der Waals surface area (Å²) in [4.78, 5) is 25.0. The zero-order valence-electron chi connectivity index (χ0n) is 9.21. The van der Waals surface area contributed by atoms with Crippen molar-refractivity contribution in [1.29, 1.82) is 0 Å². The predicted molar refractivity (Wildman–Crippen MR) is 62.6 cm³/mol. The standard InChI is InChI=1S/C12H11NO4S/c14-11(15)5-9(12(16)17)18-10-6-13-8-4-2-1-3-7(8)10/h1-4,6,9,13H,5H2,(H,14,15)(H,16,17)/p-2/t9-/m1/s1. The second-order valence-electron chi connectivity index (χ2n) is 3.70. The van der Waals surface area contributed by atoms with E-state index < -0.39 is 23.6 Å². The number of carbonyl (C=O) groups excluding carboxylic acids is 2. The van der Waals surface area contributed by atoms with Crippen LogP contribution in [0.5, 0.6) is 0 Å². The van der Waals surface area contributed by atoms with E-state index in [1.54, 1.807) is 6.20 Å². The number of H-pyrrole nitrogens is 1. The lowest BCUT2D eigenvalue weighted by atomic mass is 10.2. The number of fused-ring (bicyclic) bond motifs is 1. The summed E-state index contributed by atoms with van der Waals surface area (Å²) in [5.74, 6) is -2.81. The predicted octanol–water partition coefficient (Wildman–Crippen LogP) is -0.482. The minimum atomic E-state index is -1.41. The van der Waals surface area contributed by atoms with Gasteiger partial charge < -0.3 is 24.8 Å². The Bertz CT molecular complexity index is 593. The molecule has 0 aliphatic rings. The summed E-state index contributed by atoms with van der Waals surface area (Å²) >= 11 is 0.947. The van der Waals surface area contributed by atoms with E-state index in [-0.39, 0.29) is 0 Å². The van der Waals surface area contributed by atoms with Gasteiger partial charge in [-0.3, -0.25) is 0 Å². The molecule has 0 saturated carbocycles. The third kappa shape index (κ3) is 2.65. The maximum absolute atomic E-state index is 10.9. The summed E-state index contributed by atoms with van der Waals surface area (Å²) in [6, 6.07) is 7.36. The molecule has 0 bridgehead atoms. The van der Waals surface area contributed by atoms with Crippen LogP contribution in [0.2, 0.25) is 0 Å². The minimum Gasteiger partial charge on any atom is -0.550 e. The van der Waals surface area contributed by atoms with Gasteiger partial charge in [0.15, 0.2) is 0 Å². The molecule has 1 aromatic carbocycles. The average molecular weight is 263 g/mol. The largest absolute Gasteiger partial charge is 0.550 e. The number of para-hydroxylation sites is 1. The molecule has 0 amide bonds. The summed E-state index contributed by atoms with van der Waals surface area (Å²) < 4.78 is 0. The van der Waals surface area contributed by atoms with Crippen molar-refractivity contribution in [3.8, 4) is 0 Å². The number of hydrogen-bond donors (Lipinski definition) is 1. The molecule has 0 unspecified atom stereocenters. The first-order valence-corrected chi connectivity index (χ1v) is 6.09. The first kappa shape index (κ1) is 12.5. The maximum Gasteiger partial charge on any atom is 0.0552 e. The molecule has 0 saturated heterocycles. The van der Waals surface area contributed by atoms with Gasteiger partial charge >= 0.3 is 0 Å². The van der Waals surface area contributed by atoms with E-state index in [1.807, 2.05) is 24.3 Å². The molecule has 1 aromatic heterocycles. The second-order valence-corrected chi connectivity index (χ2v) is 4.94. The molecule has 0 aliphatic heterocycles. The highest BCUT2D eigenvalue weighted by Gasteiger charge is 2.14. The highest BCUT2D eigenvalue weighted by atomic mass is 32.2. The lowest BCUT2D eigenvalue weighted by Gasteiger charge is -2.17. The lowest BCUT2D eigenvalue weighted by molar-refractivity contribution is -0.314. The Morgan fingerprint density at radius 3 is 2.67 bits per heavy atom. The zero-order valence-corrected chi connectivity index (χ0v) is 10.0. The van der Waals surface area contributed by atoms with Crippen LogP contribution < -0.4 is 10.2 Å². The van der Waals surface area contributed by atoms with Gasteiger partial charge in [-0.1, -0.05) is 18.2 Å². The number of thioether (sulfide) groups is 1. The monoisotopic (exact) mass is 263 g/mol. The Labute approximate surface area is 107 Å². The van der Waals surface area contributed by atoms with Gasteiger partial charge in [-0.05, 0) is 6.07 Å². The Hall–Kier alpha value is -1.95. The van der Waals surface area contributed by atoms with Crippen LogP contribution in [0, 0.1) is 0 Å². The van der Waals surface area contributed by atoms with E-state index in [1.165, 1.54) is 0 Å². The van der Waals surface area contributed by atoms with E-state index >= 15 is 0 Å². The molecule has 18 heavy (non-hydrogen) atoms. The highest BCUT2D eigenvalue weighted by molar-refractivity contribution is 8.00. The Kier molecular flexibility index (Phi) is 3.57. The summed E-state index contributed by atoms with van der Waals surface area (Å²) in [5.41, 5.74) is 0.866. The van der Waals surface area contributed by atoms with Crippen LogP contribution in [0.25, 0.3) is 10.9 Å². The number of carboxylic acid groups (broad SMARTS) is 2. The smallest absolute Gasteiger partial charge is 0.0552 e. The molecule has 0 fully saturated rings. The van der Waals surface area contributed by atoms with E-state index in [0.29, 0.717) is 4.90 Å². The Morgan fingerprint density at radius 1 is 1.28 bits per heavy atom. The molecular formula is C12H9NO4S-2. The fourth-order valence-corrected chi connectivity index (χ4v) is 2.67. The van der Waals surface area contributed by atoms with Gasteiger partial charge in [0.05, 0.1) is 11.2 Å². The molecule has 1 atom stereocenters. The van der Waals surface area contributed by atoms with Crippen molar-refractivity contribution >= 4 is 34.6 Å². The molecule has 2 aromatic rings. The third-order valence-corrected chi connectivity index (χ3v) is 3.67. The zero-order chi connectivity index (χ0) is 13.1. The van der Waals surface area contributed by atoms with Gasteiger partial charge in [0.25, 0.3) is 0 Å². The number of carboxylic acids is 2. The number of aromatic amines is 1. The number of hydrogen-bond acceptors (Lipinski definition) is 5. The maximum atomic E-state index is 10.9. The molecule has 94 valence electrons. The minimum absolute atomic E-state index is 0.577. The second kappa shape index (κ2) is 5.14. The van der Waals surface area contributed by atoms with Crippen LogP contribution in [0.4, 0.5) is 0 Å². The van der Waals surface area contributed by atoms with Gasteiger partial charge in [0.2, 0.25) is 0 Å². The van der Waals surface area contributed by atoms with Crippen LogP contribution in [-0.2, 0) is 9.59 Å². The molecule has 1 N–H and O–H groups in total. The third-order valence-electron chi connectivity index (χ3n) is 2.44. The number of benzene rings is 1. The Balaban J connectivity index is 2.26. The average Bonchev–Trinajstić information content (AvgIpc) is 2.71. The molecule has 0 aliphatic carbocycles. The van der Waals surface area contributed by atoms with Crippen LogP contribution in [-0.4, -0.2) is 22.2 Å². The van der Waals surface area contributed by atoms with Gasteiger partial charge in [-0.25, -0.2) is 0 Å². The van der Waals surface area contributed by atoms with Crippen molar-refractivity contribution in [2.24, 2.45) is 0 Å². The summed E-state index contributed by atoms with van der Waals surface area (Å²) in [5, 5.41) is 21.0. The summed E-state index contributed by atoms with van der Waals surface area (Å²) in [7, 11) is 0. The van der Waals surface area contributed by atoms with Gasteiger partial charge in [0, 0.05) is 34.4 Å². The number of nitrogens with one attached hydrogen (secondary N) is 1. The van der Waals surface area contributed by atoms with E-state index in [4.69, 9.17) is 0 Å². The first-order chi connectivity index (χ1) is 8.58. The van der Waals surface area contributed by atoms with E-state index in [0.717, 1.165) is 22.7 Å². The SMILES string of the molecule is O=C([O-])C[C@@H](Sc1c[nH]c2ccccc12)C(=O)[O-]. The van der Waals surface area contributed by atoms with Crippen molar-refractivity contribution in [2.75, 3.05) is 0 Å². The normalized spacial score (nSPS) is 12.4. The number of rotatable bonds is 5. The van der Waals surface area contributed by atoms with Gasteiger partial charge in [-0.2, -0.15) is 0 Å². The van der Waals surface area contributed by atoms with Crippen molar-refractivity contribution in [2.45, 2.75) is 16.6 Å². The van der Waals surface area contributed by atoms with Crippen LogP contribution in [0.1, 0.15) is 6.42 Å². The first-order valence-electron chi connectivity index (χ1n) is 5.21. The number of aliphatic carboxylic acids is 2. The van der Waals surface area contributed by atoms with Crippen molar-refractivity contribution in [3.05, 3.63) is 30.5 Å². The van der Waals surface area contributed by atoms with Crippen molar-refractivity contribution in [3.63, 3.8) is 0 Å². The molecule has 1 heterocycles. The fourth-order valence-electron chi connectivity index (χ4n) is 1.62. The van der Waals surface area contributed by atoms with Crippen molar-refractivity contribution in [1.82, 2.24) is 4.98 Å². The molecule has 2 rings (SSSR count). The van der Waals surface area contributed by atoms with Crippen LogP contribution in [0.3, 0.4) is 0 Å². The van der Waals surface area contributed by atoms with Crippen LogP contribution in [0.15, 0.2) is 35.4 Å². The van der Waals surface area contributed by atoms with Crippen molar-refractivity contribution < 1.29 is 19.8 Å². The quantitative estimate of drug-likeness (QED) is 0.735. The van der Waals surface area contributed by atoms with Gasteiger partial charge in [-0.15, -0.1) is 11.8 Å². The molecule has 0 spiro atoms. The molecule has 6 heteroatoms. The highest BCUT2D eigenvalue weighted by Crippen LogP contribution is 2.31. The van der Waals surface area contributed by atoms with E-state index in [2.05, 4.69) is 4.98 Å². The number of carbonyl (C=O) groups is 2. The lowest BCUT2D eigenvalue weighted by Crippen LogP contribution is -2.38. The topological polar surface area (TPSA) is 96.0 Å². The molecule has 0 radical (unpaired) electrons. The number of aromatic nitrogens is 1.